The molecule has 1 amide bonds. The predicted molar refractivity (Wildman–Crippen MR) is 80.4 cm³/mol. The second-order valence-electron chi connectivity index (χ2n) is 4.03. The summed E-state index contributed by atoms with van der Waals surface area (Å²) >= 11 is 7.40. The van der Waals surface area contributed by atoms with Crippen molar-refractivity contribution in [2.75, 3.05) is 24.8 Å². The number of anilines is 1. The quantitative estimate of drug-likeness (QED) is 0.848. The van der Waals surface area contributed by atoms with Crippen LogP contribution in [0.5, 0.6) is 5.75 Å². The van der Waals surface area contributed by atoms with E-state index in [1.807, 2.05) is 6.92 Å². The van der Waals surface area contributed by atoms with Crippen LogP contribution in [-0.4, -0.2) is 35.7 Å². The minimum atomic E-state index is -0.243. The minimum absolute atomic E-state index is 0.0612. The van der Waals surface area contributed by atoms with Crippen LogP contribution < -0.4 is 10.1 Å². The topological polar surface area (TPSA) is 58.6 Å². The van der Waals surface area contributed by atoms with Crippen LogP contribution in [0.1, 0.15) is 12.5 Å². The van der Waals surface area contributed by atoms with Gasteiger partial charge in [0.25, 0.3) is 0 Å². The first-order chi connectivity index (χ1) is 8.99. The van der Waals surface area contributed by atoms with E-state index in [9.17, 15) is 4.79 Å². The molecule has 0 unspecified atom stereocenters. The van der Waals surface area contributed by atoms with Crippen LogP contribution in [0.25, 0.3) is 0 Å². The van der Waals surface area contributed by atoms with E-state index in [0.717, 1.165) is 5.56 Å². The van der Waals surface area contributed by atoms with E-state index >= 15 is 0 Å². The Morgan fingerprint density at radius 2 is 2.26 bits per heavy atom. The molecule has 4 nitrogen and oxygen atoms in total. The fraction of sp³-hybridized carbons (Fsp3) is 0.462. The molecule has 1 aromatic carbocycles. The van der Waals surface area contributed by atoms with Crippen molar-refractivity contribution in [3.05, 3.63) is 22.7 Å². The fourth-order valence-electron chi connectivity index (χ4n) is 1.47. The van der Waals surface area contributed by atoms with E-state index in [1.54, 1.807) is 19.1 Å². The zero-order chi connectivity index (χ0) is 14.4. The number of benzene rings is 1. The van der Waals surface area contributed by atoms with Crippen molar-refractivity contribution in [2.24, 2.45) is 0 Å². The van der Waals surface area contributed by atoms with Crippen molar-refractivity contribution >= 4 is 35.0 Å². The van der Waals surface area contributed by atoms with Crippen LogP contribution in [0.2, 0.25) is 5.02 Å². The molecule has 19 heavy (non-hydrogen) atoms. The maximum Gasteiger partial charge on any atom is 0.237 e. The van der Waals surface area contributed by atoms with Gasteiger partial charge in [0.15, 0.2) is 0 Å². The molecule has 0 aliphatic carbocycles. The van der Waals surface area contributed by atoms with Crippen LogP contribution >= 0.6 is 23.4 Å². The number of nitrogens with one attached hydrogen (secondary N) is 1. The highest BCUT2D eigenvalue weighted by Gasteiger charge is 2.16. The molecule has 0 aliphatic rings. The van der Waals surface area contributed by atoms with Gasteiger partial charge in [-0.25, -0.2) is 0 Å². The molecule has 0 radical (unpaired) electrons. The van der Waals surface area contributed by atoms with Gasteiger partial charge in [0.05, 0.1) is 24.7 Å². The van der Waals surface area contributed by atoms with E-state index in [-0.39, 0.29) is 17.8 Å². The Hall–Kier alpha value is -0.910. The lowest BCUT2D eigenvalue weighted by molar-refractivity contribution is -0.115. The molecule has 0 aliphatic heterocycles. The smallest absolute Gasteiger partial charge is 0.237 e. The second kappa shape index (κ2) is 7.62. The summed E-state index contributed by atoms with van der Waals surface area (Å²) in [6.07, 6.45) is 0. The van der Waals surface area contributed by atoms with Crippen molar-refractivity contribution < 1.29 is 14.6 Å². The Morgan fingerprint density at radius 1 is 1.58 bits per heavy atom. The first-order valence-corrected chi connectivity index (χ1v) is 7.29. The van der Waals surface area contributed by atoms with Crippen molar-refractivity contribution in [3.63, 3.8) is 0 Å². The zero-order valence-corrected chi connectivity index (χ0v) is 12.8. The van der Waals surface area contributed by atoms with E-state index in [1.165, 1.54) is 18.9 Å². The number of methoxy groups -OCH3 is 1. The lowest BCUT2D eigenvalue weighted by Gasteiger charge is -2.15. The molecule has 1 atom stereocenters. The largest absolute Gasteiger partial charge is 0.495 e. The summed E-state index contributed by atoms with van der Waals surface area (Å²) in [4.78, 5) is 12.0. The number of thioether (sulfide) groups is 1. The Labute approximate surface area is 122 Å². The summed E-state index contributed by atoms with van der Waals surface area (Å²) in [5.41, 5.74) is 1.47. The summed E-state index contributed by atoms with van der Waals surface area (Å²) in [5, 5.41) is 11.9. The van der Waals surface area contributed by atoms with E-state index in [0.29, 0.717) is 22.2 Å². The lowest BCUT2D eigenvalue weighted by Crippen LogP contribution is -2.23. The summed E-state index contributed by atoms with van der Waals surface area (Å²) < 4.78 is 5.20. The van der Waals surface area contributed by atoms with E-state index < -0.39 is 0 Å². The van der Waals surface area contributed by atoms with Crippen molar-refractivity contribution in [3.8, 4) is 5.75 Å². The monoisotopic (exact) mass is 303 g/mol. The number of aliphatic hydroxyl groups is 1. The number of rotatable bonds is 6. The first kappa shape index (κ1) is 16.1. The SMILES string of the molecule is COc1cc(Cl)c(C)cc1NC(=O)[C@@H](C)SCCO. The minimum Gasteiger partial charge on any atom is -0.495 e. The molecule has 0 saturated heterocycles. The zero-order valence-electron chi connectivity index (χ0n) is 11.2. The molecule has 0 spiro atoms. The normalized spacial score (nSPS) is 12.1. The number of hydrogen-bond acceptors (Lipinski definition) is 4. The lowest BCUT2D eigenvalue weighted by atomic mass is 10.2. The molecule has 0 bridgehead atoms. The Balaban J connectivity index is 2.81. The highest BCUT2D eigenvalue weighted by Crippen LogP contribution is 2.31. The fourth-order valence-corrected chi connectivity index (χ4v) is 2.29. The molecular weight excluding hydrogens is 286 g/mol. The third-order valence-corrected chi connectivity index (χ3v) is 4.11. The summed E-state index contributed by atoms with van der Waals surface area (Å²) in [6, 6.07) is 3.46. The average molecular weight is 304 g/mol. The molecule has 6 heteroatoms. The Morgan fingerprint density at radius 3 is 2.84 bits per heavy atom. The Bertz CT molecular complexity index is 454. The Kier molecular flexibility index (Phi) is 6.48. The molecule has 0 saturated carbocycles. The number of halogens is 1. The summed E-state index contributed by atoms with van der Waals surface area (Å²) in [5.74, 6) is 0.938. The number of carbonyl (C=O) groups excluding carboxylic acids is 1. The molecule has 0 heterocycles. The highest BCUT2D eigenvalue weighted by atomic mass is 35.5. The molecular formula is C13H18ClNO3S. The molecule has 0 fully saturated rings. The van der Waals surface area contributed by atoms with Gasteiger partial charge in [-0.1, -0.05) is 11.6 Å². The van der Waals surface area contributed by atoms with Gasteiger partial charge in [-0.05, 0) is 25.5 Å². The molecule has 2 N–H and O–H groups in total. The summed E-state index contributed by atoms with van der Waals surface area (Å²) in [6.45, 7) is 3.72. The van der Waals surface area contributed by atoms with Gasteiger partial charge < -0.3 is 15.2 Å². The number of aryl methyl sites for hydroxylation is 1. The van der Waals surface area contributed by atoms with Crippen LogP contribution in [-0.2, 0) is 4.79 Å². The van der Waals surface area contributed by atoms with Gasteiger partial charge in [-0.3, -0.25) is 4.79 Å². The molecule has 0 aromatic heterocycles. The number of amides is 1. The third-order valence-electron chi connectivity index (χ3n) is 2.57. The predicted octanol–water partition coefficient (Wildman–Crippen LogP) is 2.71. The maximum absolute atomic E-state index is 12.0. The number of carbonyl (C=O) groups is 1. The van der Waals surface area contributed by atoms with Gasteiger partial charge in [0.1, 0.15) is 5.75 Å². The van der Waals surface area contributed by atoms with Crippen molar-refractivity contribution in [1.82, 2.24) is 0 Å². The average Bonchev–Trinajstić information content (AvgIpc) is 2.39. The summed E-state index contributed by atoms with van der Waals surface area (Å²) in [7, 11) is 1.53. The maximum atomic E-state index is 12.0. The number of aliphatic hydroxyl groups excluding tert-OH is 1. The molecule has 1 aromatic rings. The highest BCUT2D eigenvalue weighted by molar-refractivity contribution is 8.00. The van der Waals surface area contributed by atoms with Crippen LogP contribution in [0.4, 0.5) is 5.69 Å². The second-order valence-corrected chi connectivity index (χ2v) is 5.88. The van der Waals surface area contributed by atoms with Gasteiger partial charge in [0, 0.05) is 16.8 Å². The standard InChI is InChI=1S/C13H18ClNO3S/c1-8-6-11(12(18-3)7-10(8)14)15-13(17)9(2)19-5-4-16/h6-7,9,16H,4-5H2,1-3H3,(H,15,17)/t9-/m1/s1. The van der Waals surface area contributed by atoms with Crippen LogP contribution in [0, 0.1) is 6.92 Å². The third kappa shape index (κ3) is 4.60. The van der Waals surface area contributed by atoms with Gasteiger partial charge in [0.2, 0.25) is 5.91 Å². The first-order valence-electron chi connectivity index (χ1n) is 5.87. The van der Waals surface area contributed by atoms with Crippen molar-refractivity contribution in [2.45, 2.75) is 19.1 Å². The van der Waals surface area contributed by atoms with Crippen molar-refractivity contribution in [1.29, 1.82) is 0 Å². The van der Waals surface area contributed by atoms with Gasteiger partial charge in [-0.15, -0.1) is 11.8 Å². The molecule has 1 rings (SSSR count). The van der Waals surface area contributed by atoms with Crippen LogP contribution in [0.3, 0.4) is 0 Å². The van der Waals surface area contributed by atoms with Crippen LogP contribution in [0.15, 0.2) is 12.1 Å². The van der Waals surface area contributed by atoms with Gasteiger partial charge in [-0.2, -0.15) is 0 Å². The number of ether oxygens (including phenoxy) is 1. The van der Waals surface area contributed by atoms with Gasteiger partial charge >= 0.3 is 0 Å². The van der Waals surface area contributed by atoms with E-state index in [2.05, 4.69) is 5.32 Å². The number of hydrogen-bond donors (Lipinski definition) is 2. The van der Waals surface area contributed by atoms with E-state index in [4.69, 9.17) is 21.4 Å². The molecule has 106 valence electrons.